The molecule has 18 heavy (non-hydrogen) atoms. The molecule has 0 aliphatic carbocycles. The zero-order valence-electron chi connectivity index (χ0n) is 10.7. The molecule has 0 fully saturated rings. The molecule has 0 aromatic carbocycles. The summed E-state index contributed by atoms with van der Waals surface area (Å²) in [5, 5.41) is 6.80. The number of rotatable bonds is 3. The normalized spacial score (nSPS) is 12.6. The van der Waals surface area contributed by atoms with Gasteiger partial charge in [0.15, 0.2) is 10.6 Å². The third kappa shape index (κ3) is 2.03. The average Bonchev–Trinajstić information content (AvgIpc) is 2.70. The van der Waals surface area contributed by atoms with Gasteiger partial charge in [0.25, 0.3) is 5.56 Å². The first-order chi connectivity index (χ1) is 8.56. The Kier molecular flexibility index (Phi) is 3.47. The van der Waals surface area contributed by atoms with E-state index in [9.17, 15) is 4.79 Å². The van der Waals surface area contributed by atoms with Gasteiger partial charge in [-0.3, -0.25) is 9.89 Å². The molecule has 0 bridgehead atoms. The summed E-state index contributed by atoms with van der Waals surface area (Å²) in [7, 11) is 1.79. The fourth-order valence-electron chi connectivity index (χ4n) is 1.81. The molecule has 1 N–H and O–H groups in total. The SMILES string of the molecule is CCC(C)n1cccc(-c2n[nH]c(=S)n2C)c1=O. The van der Waals surface area contributed by atoms with Crippen molar-refractivity contribution in [2.45, 2.75) is 26.3 Å². The lowest BCUT2D eigenvalue weighted by atomic mass is 10.2. The van der Waals surface area contributed by atoms with Gasteiger partial charge < -0.3 is 9.13 Å². The molecule has 2 heterocycles. The predicted octanol–water partition coefficient (Wildman–Crippen LogP) is 2.28. The second-order valence-electron chi connectivity index (χ2n) is 4.30. The summed E-state index contributed by atoms with van der Waals surface area (Å²) in [5.74, 6) is 0.572. The minimum Gasteiger partial charge on any atom is -0.312 e. The number of pyridine rings is 1. The first-order valence-corrected chi connectivity index (χ1v) is 6.30. The molecule has 96 valence electrons. The highest BCUT2D eigenvalue weighted by Gasteiger charge is 2.13. The molecule has 0 aliphatic rings. The lowest BCUT2D eigenvalue weighted by Gasteiger charge is -2.13. The molecule has 2 aromatic heterocycles. The molecular weight excluding hydrogens is 248 g/mol. The van der Waals surface area contributed by atoms with Crippen LogP contribution in [-0.4, -0.2) is 19.3 Å². The Hall–Kier alpha value is -1.69. The van der Waals surface area contributed by atoms with Crippen LogP contribution < -0.4 is 5.56 Å². The number of nitrogens with zero attached hydrogens (tertiary/aromatic N) is 3. The Morgan fingerprint density at radius 1 is 1.56 bits per heavy atom. The van der Waals surface area contributed by atoms with Crippen LogP contribution in [0.4, 0.5) is 0 Å². The van der Waals surface area contributed by atoms with E-state index in [1.54, 1.807) is 28.4 Å². The van der Waals surface area contributed by atoms with E-state index >= 15 is 0 Å². The summed E-state index contributed by atoms with van der Waals surface area (Å²) in [6.07, 6.45) is 2.71. The standard InChI is InChI=1S/C12H16N4OS/c1-4-8(2)16-7-5-6-9(11(16)17)10-13-14-12(18)15(10)3/h5-8H,4H2,1-3H3,(H,14,18). The quantitative estimate of drug-likeness (QED) is 0.865. The number of hydrogen-bond acceptors (Lipinski definition) is 3. The Morgan fingerprint density at radius 3 is 2.83 bits per heavy atom. The maximum absolute atomic E-state index is 12.4. The molecule has 0 saturated carbocycles. The van der Waals surface area contributed by atoms with Gasteiger partial charge in [-0.25, -0.2) is 0 Å². The van der Waals surface area contributed by atoms with Gasteiger partial charge in [0, 0.05) is 19.3 Å². The van der Waals surface area contributed by atoms with Crippen molar-refractivity contribution in [2.24, 2.45) is 7.05 Å². The average molecular weight is 264 g/mol. The van der Waals surface area contributed by atoms with Crippen LogP contribution in [0.15, 0.2) is 23.1 Å². The fraction of sp³-hybridized carbons (Fsp3) is 0.417. The van der Waals surface area contributed by atoms with E-state index in [2.05, 4.69) is 17.1 Å². The molecule has 0 amide bonds. The molecule has 0 aliphatic heterocycles. The Labute approximate surface area is 110 Å². The summed E-state index contributed by atoms with van der Waals surface area (Å²) < 4.78 is 3.93. The molecular formula is C12H16N4OS. The van der Waals surface area contributed by atoms with Gasteiger partial charge in [0.1, 0.15) is 0 Å². The van der Waals surface area contributed by atoms with Crippen molar-refractivity contribution in [1.29, 1.82) is 0 Å². The summed E-state index contributed by atoms with van der Waals surface area (Å²) >= 11 is 5.06. The topological polar surface area (TPSA) is 55.6 Å². The van der Waals surface area contributed by atoms with Crippen molar-refractivity contribution < 1.29 is 0 Å². The Morgan fingerprint density at radius 2 is 2.28 bits per heavy atom. The summed E-state index contributed by atoms with van der Waals surface area (Å²) in [6, 6.07) is 3.80. The molecule has 1 unspecified atom stereocenters. The molecule has 2 aromatic rings. The zero-order chi connectivity index (χ0) is 13.3. The lowest BCUT2D eigenvalue weighted by molar-refractivity contribution is 0.515. The van der Waals surface area contributed by atoms with Gasteiger partial charge in [-0.05, 0) is 37.7 Å². The maximum atomic E-state index is 12.4. The molecule has 5 nitrogen and oxygen atoms in total. The van der Waals surface area contributed by atoms with Crippen molar-refractivity contribution in [3.63, 3.8) is 0 Å². The lowest BCUT2D eigenvalue weighted by Crippen LogP contribution is -2.24. The molecule has 2 rings (SSSR count). The van der Waals surface area contributed by atoms with Crippen LogP contribution in [-0.2, 0) is 7.05 Å². The van der Waals surface area contributed by atoms with Crippen molar-refractivity contribution in [3.05, 3.63) is 33.5 Å². The van der Waals surface area contributed by atoms with Gasteiger partial charge in [0.2, 0.25) is 0 Å². The number of nitrogens with one attached hydrogen (secondary N) is 1. The van der Waals surface area contributed by atoms with E-state index in [1.807, 2.05) is 13.0 Å². The number of aromatic nitrogens is 4. The third-order valence-corrected chi connectivity index (χ3v) is 3.53. The summed E-state index contributed by atoms with van der Waals surface area (Å²) in [6.45, 7) is 4.08. The zero-order valence-corrected chi connectivity index (χ0v) is 11.5. The first kappa shape index (κ1) is 12.8. The van der Waals surface area contributed by atoms with E-state index in [1.165, 1.54) is 0 Å². The smallest absolute Gasteiger partial charge is 0.261 e. The van der Waals surface area contributed by atoms with Crippen molar-refractivity contribution in [2.75, 3.05) is 0 Å². The molecule has 6 heteroatoms. The van der Waals surface area contributed by atoms with E-state index < -0.39 is 0 Å². The molecule has 1 atom stereocenters. The monoisotopic (exact) mass is 264 g/mol. The fourth-order valence-corrected chi connectivity index (χ4v) is 1.94. The predicted molar refractivity (Wildman–Crippen MR) is 73.1 cm³/mol. The molecule has 0 saturated heterocycles. The van der Waals surface area contributed by atoms with Gasteiger partial charge >= 0.3 is 0 Å². The van der Waals surface area contributed by atoms with Crippen LogP contribution >= 0.6 is 12.2 Å². The number of aromatic amines is 1. The van der Waals surface area contributed by atoms with Crippen LogP contribution in [0, 0.1) is 4.77 Å². The summed E-state index contributed by atoms with van der Waals surface area (Å²) in [5.41, 5.74) is 0.525. The van der Waals surface area contributed by atoms with Gasteiger partial charge in [-0.2, -0.15) is 5.10 Å². The van der Waals surface area contributed by atoms with Crippen LogP contribution in [0.2, 0.25) is 0 Å². The van der Waals surface area contributed by atoms with Gasteiger partial charge in [-0.1, -0.05) is 6.92 Å². The molecule has 0 radical (unpaired) electrons. The van der Waals surface area contributed by atoms with Crippen LogP contribution in [0.25, 0.3) is 11.4 Å². The second-order valence-corrected chi connectivity index (χ2v) is 4.69. The van der Waals surface area contributed by atoms with Crippen molar-refractivity contribution in [1.82, 2.24) is 19.3 Å². The first-order valence-electron chi connectivity index (χ1n) is 5.89. The van der Waals surface area contributed by atoms with Gasteiger partial charge in [0.05, 0.1) is 5.56 Å². The minimum atomic E-state index is -0.0380. The second kappa shape index (κ2) is 4.89. The highest BCUT2D eigenvalue weighted by molar-refractivity contribution is 7.71. The minimum absolute atomic E-state index is 0.0380. The summed E-state index contributed by atoms with van der Waals surface area (Å²) in [4.78, 5) is 12.4. The van der Waals surface area contributed by atoms with E-state index in [4.69, 9.17) is 12.2 Å². The van der Waals surface area contributed by atoms with Gasteiger partial charge in [-0.15, -0.1) is 0 Å². The largest absolute Gasteiger partial charge is 0.312 e. The highest BCUT2D eigenvalue weighted by atomic mass is 32.1. The van der Waals surface area contributed by atoms with Crippen molar-refractivity contribution in [3.8, 4) is 11.4 Å². The number of hydrogen-bond donors (Lipinski definition) is 1. The van der Waals surface area contributed by atoms with E-state index in [0.29, 0.717) is 16.2 Å². The third-order valence-electron chi connectivity index (χ3n) is 3.16. The van der Waals surface area contributed by atoms with Crippen molar-refractivity contribution >= 4 is 12.2 Å². The Balaban J connectivity index is 2.64. The van der Waals surface area contributed by atoms with Crippen LogP contribution in [0.5, 0.6) is 0 Å². The number of H-pyrrole nitrogens is 1. The van der Waals surface area contributed by atoms with Crippen LogP contribution in [0.1, 0.15) is 26.3 Å². The Bertz CT molecular complexity index is 667. The van der Waals surface area contributed by atoms with E-state index in [-0.39, 0.29) is 11.6 Å². The van der Waals surface area contributed by atoms with Crippen LogP contribution in [0.3, 0.4) is 0 Å². The molecule has 0 spiro atoms. The maximum Gasteiger partial charge on any atom is 0.261 e. The van der Waals surface area contributed by atoms with E-state index in [0.717, 1.165) is 6.42 Å². The highest BCUT2D eigenvalue weighted by Crippen LogP contribution is 2.13.